The summed E-state index contributed by atoms with van der Waals surface area (Å²) >= 11 is 0. The molecule has 0 radical (unpaired) electrons. The van der Waals surface area contributed by atoms with Crippen molar-refractivity contribution in [3.8, 4) is 0 Å². The second-order valence-electron chi connectivity index (χ2n) is 5.58. The van der Waals surface area contributed by atoms with E-state index in [1.807, 2.05) is 13.8 Å². The first-order valence-electron chi connectivity index (χ1n) is 8.31. The van der Waals surface area contributed by atoms with Crippen molar-refractivity contribution in [2.45, 2.75) is 13.8 Å². The zero-order valence-electron chi connectivity index (χ0n) is 14.8. The van der Waals surface area contributed by atoms with Crippen molar-refractivity contribution >= 4 is 29.2 Å². The van der Waals surface area contributed by atoms with Crippen LogP contribution in [0.5, 0.6) is 0 Å². The number of anilines is 2. The van der Waals surface area contributed by atoms with Crippen LogP contribution in [-0.4, -0.2) is 35.8 Å². The summed E-state index contributed by atoms with van der Waals surface area (Å²) in [4.78, 5) is 37.1. The molecule has 0 fully saturated rings. The maximum Gasteiger partial charge on any atom is 0.316 e. The zero-order chi connectivity index (χ0) is 19.1. The highest BCUT2D eigenvalue weighted by Crippen LogP contribution is 2.14. The summed E-state index contributed by atoms with van der Waals surface area (Å²) in [5.41, 5.74) is 7.15. The highest BCUT2D eigenvalue weighted by molar-refractivity contribution is 6.05. The minimum Gasteiger partial charge on any atom is -0.351 e. The summed E-state index contributed by atoms with van der Waals surface area (Å²) in [5.74, 6) is -0.330. The smallest absolute Gasteiger partial charge is 0.316 e. The predicted molar refractivity (Wildman–Crippen MR) is 101 cm³/mol. The van der Waals surface area contributed by atoms with Crippen molar-refractivity contribution in [2.75, 3.05) is 23.7 Å². The van der Waals surface area contributed by atoms with E-state index in [1.54, 1.807) is 53.4 Å². The first-order valence-corrected chi connectivity index (χ1v) is 8.31. The van der Waals surface area contributed by atoms with Gasteiger partial charge in [0.2, 0.25) is 0 Å². The molecule has 4 amide bonds. The van der Waals surface area contributed by atoms with E-state index in [1.165, 1.54) is 0 Å². The normalized spacial score (nSPS) is 10.1. The summed E-state index contributed by atoms with van der Waals surface area (Å²) in [6, 6.07) is 12.4. The number of benzene rings is 2. The van der Waals surface area contributed by atoms with Crippen molar-refractivity contribution in [2.24, 2.45) is 5.73 Å². The predicted octanol–water partition coefficient (Wildman–Crippen LogP) is 2.91. The average Bonchev–Trinajstić information content (AvgIpc) is 2.63. The molecule has 0 heterocycles. The lowest BCUT2D eigenvalue weighted by atomic mass is 10.1. The number of amides is 4. The van der Waals surface area contributed by atoms with Crippen LogP contribution in [0.3, 0.4) is 0 Å². The Morgan fingerprint density at radius 3 is 1.73 bits per heavy atom. The maximum absolute atomic E-state index is 12.3. The van der Waals surface area contributed by atoms with Crippen molar-refractivity contribution in [1.29, 1.82) is 0 Å². The molecule has 0 spiro atoms. The number of nitrogens with zero attached hydrogens (tertiary/aromatic N) is 1. The van der Waals surface area contributed by atoms with Gasteiger partial charge in [0, 0.05) is 35.6 Å². The van der Waals surface area contributed by atoms with E-state index in [9.17, 15) is 14.4 Å². The van der Waals surface area contributed by atoms with Gasteiger partial charge in [-0.3, -0.25) is 9.59 Å². The molecule has 7 heteroatoms. The van der Waals surface area contributed by atoms with E-state index >= 15 is 0 Å². The number of primary amides is 1. The Labute approximate surface area is 152 Å². The number of rotatable bonds is 6. The van der Waals surface area contributed by atoms with Gasteiger partial charge in [-0.25, -0.2) is 4.79 Å². The summed E-state index contributed by atoms with van der Waals surface area (Å²) < 4.78 is 0. The van der Waals surface area contributed by atoms with E-state index in [-0.39, 0.29) is 11.8 Å². The molecule has 0 bridgehead atoms. The fourth-order valence-corrected chi connectivity index (χ4v) is 2.44. The van der Waals surface area contributed by atoms with E-state index < -0.39 is 6.03 Å². The number of carbonyl (C=O) groups excluding carboxylic acids is 3. The Kier molecular flexibility index (Phi) is 6.32. The number of carbonyl (C=O) groups is 3. The monoisotopic (exact) mass is 354 g/mol. The van der Waals surface area contributed by atoms with Crippen LogP contribution in [0.1, 0.15) is 34.6 Å². The number of urea groups is 1. The molecule has 2 aromatic rings. The van der Waals surface area contributed by atoms with Gasteiger partial charge in [0.15, 0.2) is 0 Å². The number of hydrogen-bond donors (Lipinski definition) is 3. The molecule has 26 heavy (non-hydrogen) atoms. The Balaban J connectivity index is 2.03. The van der Waals surface area contributed by atoms with Crippen molar-refractivity contribution < 1.29 is 14.4 Å². The van der Waals surface area contributed by atoms with Gasteiger partial charge in [0.1, 0.15) is 0 Å². The molecule has 2 aromatic carbocycles. The Morgan fingerprint density at radius 1 is 0.808 bits per heavy atom. The molecular formula is C19H22N4O3. The van der Waals surface area contributed by atoms with Gasteiger partial charge in [-0.1, -0.05) is 0 Å². The van der Waals surface area contributed by atoms with Gasteiger partial charge in [-0.15, -0.1) is 0 Å². The van der Waals surface area contributed by atoms with Crippen LogP contribution < -0.4 is 16.4 Å². The third-order valence-electron chi connectivity index (χ3n) is 3.86. The first-order chi connectivity index (χ1) is 12.4. The van der Waals surface area contributed by atoms with Crippen LogP contribution in [0.2, 0.25) is 0 Å². The lowest BCUT2D eigenvalue weighted by Gasteiger charge is -2.18. The molecule has 0 aliphatic heterocycles. The second-order valence-corrected chi connectivity index (χ2v) is 5.58. The molecule has 7 nitrogen and oxygen atoms in total. The third kappa shape index (κ3) is 4.83. The first kappa shape index (κ1) is 19.0. The average molecular weight is 354 g/mol. The van der Waals surface area contributed by atoms with Crippen LogP contribution in [0.25, 0.3) is 0 Å². The lowest BCUT2D eigenvalue weighted by Crippen LogP contribution is -2.30. The standard InChI is InChI=1S/C19H22N4O3/c1-3-23(4-2)18(25)14-7-11-15(12-8-14)21-17(24)13-5-9-16(10-6-13)22-19(20)26/h5-12H,3-4H2,1-2H3,(H,21,24)(H3,20,22,26). The van der Waals surface area contributed by atoms with Gasteiger partial charge in [-0.2, -0.15) is 0 Å². The quantitative estimate of drug-likeness (QED) is 0.743. The fraction of sp³-hybridized carbons (Fsp3) is 0.211. The summed E-state index contributed by atoms with van der Waals surface area (Å²) in [6.07, 6.45) is 0. The van der Waals surface area contributed by atoms with Crippen LogP contribution in [-0.2, 0) is 0 Å². The molecule has 0 saturated heterocycles. The minimum absolute atomic E-state index is 0.0367. The van der Waals surface area contributed by atoms with Gasteiger partial charge >= 0.3 is 6.03 Å². The summed E-state index contributed by atoms with van der Waals surface area (Å²) in [5, 5.41) is 5.19. The van der Waals surface area contributed by atoms with E-state index in [2.05, 4.69) is 10.6 Å². The topological polar surface area (TPSA) is 105 Å². The number of hydrogen-bond acceptors (Lipinski definition) is 3. The molecule has 2 rings (SSSR count). The molecule has 0 unspecified atom stereocenters. The highest BCUT2D eigenvalue weighted by Gasteiger charge is 2.12. The molecule has 4 N–H and O–H groups in total. The highest BCUT2D eigenvalue weighted by atomic mass is 16.2. The number of nitrogens with one attached hydrogen (secondary N) is 2. The van der Waals surface area contributed by atoms with E-state index in [0.717, 1.165) is 0 Å². The van der Waals surface area contributed by atoms with Crippen LogP contribution in [0.15, 0.2) is 48.5 Å². The molecular weight excluding hydrogens is 332 g/mol. The SMILES string of the molecule is CCN(CC)C(=O)c1ccc(NC(=O)c2ccc(NC(N)=O)cc2)cc1. The van der Waals surface area contributed by atoms with Gasteiger partial charge in [0.25, 0.3) is 11.8 Å². The van der Waals surface area contributed by atoms with Gasteiger partial charge in [-0.05, 0) is 62.4 Å². The molecule has 136 valence electrons. The van der Waals surface area contributed by atoms with Gasteiger partial charge in [0.05, 0.1) is 0 Å². The van der Waals surface area contributed by atoms with Gasteiger partial charge < -0.3 is 21.3 Å². The van der Waals surface area contributed by atoms with E-state index in [0.29, 0.717) is 35.6 Å². The maximum atomic E-state index is 12.3. The van der Waals surface area contributed by atoms with E-state index in [4.69, 9.17) is 5.73 Å². The molecule has 0 aliphatic carbocycles. The summed E-state index contributed by atoms with van der Waals surface area (Å²) in [7, 11) is 0. The van der Waals surface area contributed by atoms with Crippen molar-refractivity contribution in [3.63, 3.8) is 0 Å². The second kappa shape index (κ2) is 8.66. The third-order valence-corrected chi connectivity index (χ3v) is 3.86. The van der Waals surface area contributed by atoms with Crippen molar-refractivity contribution in [3.05, 3.63) is 59.7 Å². The lowest BCUT2D eigenvalue weighted by molar-refractivity contribution is 0.0773. The molecule has 0 atom stereocenters. The summed E-state index contributed by atoms with van der Waals surface area (Å²) in [6.45, 7) is 5.16. The molecule has 0 saturated carbocycles. The number of nitrogens with two attached hydrogens (primary N) is 1. The fourth-order valence-electron chi connectivity index (χ4n) is 2.44. The Hall–Kier alpha value is -3.35. The van der Waals surface area contributed by atoms with Crippen LogP contribution in [0.4, 0.5) is 16.2 Å². The molecule has 0 aliphatic rings. The van der Waals surface area contributed by atoms with Crippen molar-refractivity contribution in [1.82, 2.24) is 4.90 Å². The largest absolute Gasteiger partial charge is 0.351 e. The van der Waals surface area contributed by atoms with Crippen LogP contribution in [0, 0.1) is 0 Å². The van der Waals surface area contributed by atoms with Crippen LogP contribution >= 0.6 is 0 Å². The Bertz CT molecular complexity index is 781. The minimum atomic E-state index is -0.665. The molecule has 0 aromatic heterocycles. The Morgan fingerprint density at radius 2 is 1.27 bits per heavy atom. The zero-order valence-corrected chi connectivity index (χ0v) is 14.8.